The Morgan fingerprint density at radius 1 is 1.43 bits per heavy atom. The van der Waals surface area contributed by atoms with Gasteiger partial charge in [0.1, 0.15) is 5.69 Å². The van der Waals surface area contributed by atoms with Crippen molar-refractivity contribution >= 4 is 17.3 Å². The van der Waals surface area contributed by atoms with E-state index in [0.29, 0.717) is 31.5 Å². The van der Waals surface area contributed by atoms with Crippen LogP contribution in [0.25, 0.3) is 0 Å². The summed E-state index contributed by atoms with van der Waals surface area (Å²) in [4.78, 5) is 21.4. The summed E-state index contributed by atoms with van der Waals surface area (Å²) in [7, 11) is 0. The minimum Gasteiger partial charge on any atom is -0.484 e. The Kier molecular flexibility index (Phi) is 6.45. The van der Waals surface area contributed by atoms with Crippen LogP contribution in [-0.2, 0) is 4.79 Å². The van der Waals surface area contributed by atoms with Crippen LogP contribution >= 0.6 is 0 Å². The zero-order valence-corrected chi connectivity index (χ0v) is 12.3. The Labute approximate surface area is 123 Å². The lowest BCUT2D eigenvalue weighted by Gasteiger charge is -2.13. The molecule has 0 unspecified atom stereocenters. The van der Waals surface area contributed by atoms with E-state index < -0.39 is 4.92 Å². The molecule has 0 aliphatic carbocycles. The quantitative estimate of drug-likeness (QED) is 0.413. The lowest BCUT2D eigenvalue weighted by Crippen LogP contribution is -2.12. The molecular formula is C14H21N3O4. The van der Waals surface area contributed by atoms with Crippen LogP contribution in [0.1, 0.15) is 33.1 Å². The molecule has 0 spiro atoms. The molecule has 1 rings (SSSR count). The standard InChI is InChI=1S/C14H21N3O4/c1-10(2)21-12-7-5-6-11(14(12)17(19)20)16-9-4-3-8-13(15)18/h5-7,10,16H,3-4,8-9H2,1-2H3,(H2,15,18). The molecule has 0 fully saturated rings. The molecule has 0 saturated carbocycles. The van der Waals surface area contributed by atoms with Gasteiger partial charge in [0.15, 0.2) is 5.75 Å². The molecule has 0 aromatic heterocycles. The number of nitro benzene ring substituents is 1. The van der Waals surface area contributed by atoms with Crippen molar-refractivity contribution < 1.29 is 14.5 Å². The molecule has 1 aromatic rings. The fourth-order valence-corrected chi connectivity index (χ4v) is 1.85. The highest BCUT2D eigenvalue weighted by Gasteiger charge is 2.21. The van der Waals surface area contributed by atoms with Gasteiger partial charge < -0.3 is 15.8 Å². The van der Waals surface area contributed by atoms with E-state index in [0.717, 1.165) is 0 Å². The highest BCUT2D eigenvalue weighted by molar-refractivity contribution is 5.73. The molecule has 3 N–H and O–H groups in total. The van der Waals surface area contributed by atoms with Crippen LogP contribution in [0.2, 0.25) is 0 Å². The molecule has 0 heterocycles. The zero-order valence-electron chi connectivity index (χ0n) is 12.3. The lowest BCUT2D eigenvalue weighted by atomic mass is 10.2. The molecule has 7 heteroatoms. The summed E-state index contributed by atoms with van der Waals surface area (Å²) in [5.41, 5.74) is 5.40. The highest BCUT2D eigenvalue weighted by atomic mass is 16.6. The zero-order chi connectivity index (χ0) is 15.8. The number of hydrogen-bond donors (Lipinski definition) is 2. The largest absolute Gasteiger partial charge is 0.484 e. The molecule has 0 aliphatic rings. The van der Waals surface area contributed by atoms with Gasteiger partial charge in [-0.15, -0.1) is 0 Å². The van der Waals surface area contributed by atoms with Crippen molar-refractivity contribution in [2.24, 2.45) is 5.73 Å². The molecular weight excluding hydrogens is 274 g/mol. The number of para-hydroxylation sites is 1. The van der Waals surface area contributed by atoms with Gasteiger partial charge in [0.25, 0.3) is 0 Å². The number of nitrogens with two attached hydrogens (primary N) is 1. The number of nitro groups is 1. The molecule has 0 bridgehead atoms. The maximum Gasteiger partial charge on any atom is 0.333 e. The number of primary amides is 1. The van der Waals surface area contributed by atoms with Crippen molar-refractivity contribution in [3.63, 3.8) is 0 Å². The maximum absolute atomic E-state index is 11.2. The third-order valence-electron chi connectivity index (χ3n) is 2.71. The Morgan fingerprint density at radius 2 is 2.14 bits per heavy atom. The van der Waals surface area contributed by atoms with E-state index in [1.54, 1.807) is 18.2 Å². The van der Waals surface area contributed by atoms with Crippen molar-refractivity contribution in [1.29, 1.82) is 0 Å². The van der Waals surface area contributed by atoms with Crippen LogP contribution in [0.3, 0.4) is 0 Å². The number of carbonyl (C=O) groups excluding carboxylic acids is 1. The number of unbranched alkanes of at least 4 members (excludes halogenated alkanes) is 1. The molecule has 0 atom stereocenters. The molecule has 7 nitrogen and oxygen atoms in total. The number of rotatable bonds is 9. The molecule has 1 amide bonds. The number of nitrogens with one attached hydrogen (secondary N) is 1. The maximum atomic E-state index is 11.2. The van der Waals surface area contributed by atoms with E-state index in [9.17, 15) is 14.9 Å². The minimum atomic E-state index is -0.455. The smallest absolute Gasteiger partial charge is 0.333 e. The van der Waals surface area contributed by atoms with Crippen LogP contribution in [0.4, 0.5) is 11.4 Å². The fraction of sp³-hybridized carbons (Fsp3) is 0.500. The van der Waals surface area contributed by atoms with Gasteiger partial charge in [0, 0.05) is 13.0 Å². The second-order valence-corrected chi connectivity index (χ2v) is 4.93. The first-order valence-electron chi connectivity index (χ1n) is 6.88. The molecule has 0 aliphatic heterocycles. The first-order chi connectivity index (χ1) is 9.91. The van der Waals surface area contributed by atoms with E-state index in [4.69, 9.17) is 10.5 Å². The summed E-state index contributed by atoms with van der Waals surface area (Å²) in [6, 6.07) is 4.92. The summed E-state index contributed by atoms with van der Waals surface area (Å²) in [6.07, 6.45) is 1.53. The van der Waals surface area contributed by atoms with Crippen molar-refractivity contribution in [2.45, 2.75) is 39.2 Å². The van der Waals surface area contributed by atoms with Crippen LogP contribution in [0.15, 0.2) is 18.2 Å². The normalized spacial score (nSPS) is 10.4. The summed E-state index contributed by atoms with van der Waals surface area (Å²) < 4.78 is 5.46. The van der Waals surface area contributed by atoms with Gasteiger partial charge >= 0.3 is 5.69 Å². The van der Waals surface area contributed by atoms with Gasteiger partial charge in [0.05, 0.1) is 11.0 Å². The second kappa shape index (κ2) is 8.08. The highest BCUT2D eigenvalue weighted by Crippen LogP contribution is 2.35. The first-order valence-corrected chi connectivity index (χ1v) is 6.88. The van der Waals surface area contributed by atoms with Gasteiger partial charge in [-0.1, -0.05) is 6.07 Å². The van der Waals surface area contributed by atoms with Gasteiger partial charge in [0.2, 0.25) is 5.91 Å². The third kappa shape index (κ3) is 5.68. The number of carbonyl (C=O) groups is 1. The Bertz CT molecular complexity index is 503. The van der Waals surface area contributed by atoms with Crippen molar-refractivity contribution in [3.05, 3.63) is 28.3 Å². The number of nitrogens with zero attached hydrogens (tertiary/aromatic N) is 1. The summed E-state index contributed by atoms with van der Waals surface area (Å²) in [5.74, 6) is -0.0922. The lowest BCUT2D eigenvalue weighted by molar-refractivity contribution is -0.385. The summed E-state index contributed by atoms with van der Waals surface area (Å²) in [6.45, 7) is 4.15. The molecule has 1 aromatic carbocycles. The number of ether oxygens (including phenoxy) is 1. The monoisotopic (exact) mass is 295 g/mol. The summed E-state index contributed by atoms with van der Waals surface area (Å²) in [5, 5.41) is 14.2. The Hall–Kier alpha value is -2.31. The van der Waals surface area contributed by atoms with Crippen molar-refractivity contribution in [2.75, 3.05) is 11.9 Å². The van der Waals surface area contributed by atoms with Crippen LogP contribution in [-0.4, -0.2) is 23.5 Å². The molecule has 0 saturated heterocycles. The number of benzene rings is 1. The van der Waals surface area contributed by atoms with Gasteiger partial charge in [-0.3, -0.25) is 14.9 Å². The predicted molar refractivity (Wildman–Crippen MR) is 80.4 cm³/mol. The Balaban J connectivity index is 2.72. The molecule has 0 radical (unpaired) electrons. The topological polar surface area (TPSA) is 107 Å². The van der Waals surface area contributed by atoms with Crippen molar-refractivity contribution in [3.8, 4) is 5.75 Å². The average Bonchev–Trinajstić information content (AvgIpc) is 2.36. The first kappa shape index (κ1) is 16.7. The van der Waals surface area contributed by atoms with E-state index in [-0.39, 0.29) is 23.4 Å². The van der Waals surface area contributed by atoms with Crippen LogP contribution in [0, 0.1) is 10.1 Å². The number of amides is 1. The minimum absolute atomic E-state index is 0.0684. The fourth-order valence-electron chi connectivity index (χ4n) is 1.85. The van der Waals surface area contributed by atoms with Crippen LogP contribution in [0.5, 0.6) is 5.75 Å². The van der Waals surface area contributed by atoms with Gasteiger partial charge in [-0.25, -0.2) is 0 Å². The van der Waals surface area contributed by atoms with Gasteiger partial charge in [-0.05, 0) is 38.8 Å². The third-order valence-corrected chi connectivity index (χ3v) is 2.71. The molecule has 116 valence electrons. The average molecular weight is 295 g/mol. The SMILES string of the molecule is CC(C)Oc1cccc(NCCCCC(N)=O)c1[N+](=O)[O-]. The summed E-state index contributed by atoms with van der Waals surface area (Å²) >= 11 is 0. The van der Waals surface area contributed by atoms with Crippen molar-refractivity contribution in [1.82, 2.24) is 0 Å². The van der Waals surface area contributed by atoms with E-state index in [1.165, 1.54) is 0 Å². The van der Waals surface area contributed by atoms with Crippen LogP contribution < -0.4 is 15.8 Å². The second-order valence-electron chi connectivity index (χ2n) is 4.93. The van der Waals surface area contributed by atoms with E-state index in [2.05, 4.69) is 5.32 Å². The van der Waals surface area contributed by atoms with E-state index >= 15 is 0 Å². The molecule has 21 heavy (non-hydrogen) atoms. The number of anilines is 1. The predicted octanol–water partition coefficient (Wildman–Crippen LogP) is 2.45. The Morgan fingerprint density at radius 3 is 2.71 bits per heavy atom. The van der Waals surface area contributed by atoms with E-state index in [1.807, 2.05) is 13.8 Å². The van der Waals surface area contributed by atoms with Gasteiger partial charge in [-0.2, -0.15) is 0 Å². The number of hydrogen-bond acceptors (Lipinski definition) is 5.